The fourth-order valence-electron chi connectivity index (χ4n) is 15.3. The first-order chi connectivity index (χ1) is 45.6. The molecule has 2 aliphatic heterocycles. The lowest BCUT2D eigenvalue weighted by Gasteiger charge is -2.39. The number of benzene rings is 11. The van der Waals surface area contributed by atoms with E-state index in [9.17, 15) is 0 Å². The number of hydrogen-bond donors (Lipinski definition) is 0. The molecule has 0 radical (unpaired) electrons. The molecule has 0 saturated heterocycles. The molecule has 1 aliphatic carbocycles. The van der Waals surface area contributed by atoms with Gasteiger partial charge in [0.25, 0.3) is 0 Å². The molecule has 0 amide bonds. The van der Waals surface area contributed by atoms with E-state index < -0.39 is 5.41 Å². The minimum absolute atomic E-state index is 0.0645. The Morgan fingerprint density at radius 2 is 0.937 bits per heavy atom. The number of nitrogens with zero attached hydrogens (tertiary/aromatic N) is 4. The number of ether oxygens (including phenoxy) is 2. The van der Waals surface area contributed by atoms with Gasteiger partial charge in [0.05, 0.1) is 33.5 Å². The number of pyridine rings is 1. The molecular formula is C89H80N4O2. The zero-order valence-corrected chi connectivity index (χ0v) is 56.6. The van der Waals surface area contributed by atoms with Crippen molar-refractivity contribution >= 4 is 44.6 Å². The van der Waals surface area contributed by atoms with E-state index in [2.05, 4.69) is 352 Å². The summed E-state index contributed by atoms with van der Waals surface area (Å²) in [5, 5.41) is 2.30. The van der Waals surface area contributed by atoms with Gasteiger partial charge in [0.1, 0.15) is 35.5 Å². The van der Waals surface area contributed by atoms with Crippen LogP contribution in [-0.2, 0) is 27.1 Å². The molecule has 1 spiro atoms. The Hall–Kier alpha value is -10.4. The van der Waals surface area contributed by atoms with Crippen LogP contribution in [0.5, 0.6) is 23.0 Å². The molecule has 13 aromatic rings. The van der Waals surface area contributed by atoms with E-state index in [4.69, 9.17) is 14.5 Å². The topological polar surface area (TPSA) is 42.8 Å². The summed E-state index contributed by atoms with van der Waals surface area (Å²) < 4.78 is 16.1. The highest BCUT2D eigenvalue weighted by molar-refractivity contribution is 6.10. The number of aromatic nitrogens is 2. The first-order valence-corrected chi connectivity index (χ1v) is 33.6. The fourth-order valence-corrected chi connectivity index (χ4v) is 15.3. The van der Waals surface area contributed by atoms with Crippen LogP contribution in [0.15, 0.2) is 255 Å². The zero-order chi connectivity index (χ0) is 65.5. The molecule has 0 fully saturated rings. The Bertz CT molecular complexity index is 5150. The molecule has 0 bridgehead atoms. The molecule has 4 heterocycles. The van der Waals surface area contributed by atoms with Gasteiger partial charge in [0.15, 0.2) is 0 Å². The molecule has 2 aromatic heterocycles. The zero-order valence-electron chi connectivity index (χ0n) is 56.6. The van der Waals surface area contributed by atoms with Gasteiger partial charge in [-0.2, -0.15) is 0 Å². The molecule has 95 heavy (non-hydrogen) atoms. The third kappa shape index (κ3) is 9.85. The fraction of sp³-hybridized carbons (Fsp3) is 0.202. The Kier molecular flexibility index (Phi) is 13.7. The largest absolute Gasteiger partial charge is 0.457 e. The molecule has 0 atom stereocenters. The van der Waals surface area contributed by atoms with Gasteiger partial charge in [-0.1, -0.05) is 253 Å². The maximum atomic E-state index is 7.05. The lowest BCUT2D eigenvalue weighted by atomic mass is 9.66. The van der Waals surface area contributed by atoms with Gasteiger partial charge >= 0.3 is 0 Å². The molecule has 6 heteroatoms. The van der Waals surface area contributed by atoms with E-state index in [1.54, 1.807) is 0 Å². The van der Waals surface area contributed by atoms with E-state index in [1.807, 2.05) is 0 Å². The highest BCUT2D eigenvalue weighted by Gasteiger charge is 2.51. The number of hydrogen-bond acceptors (Lipinski definition) is 5. The van der Waals surface area contributed by atoms with Crippen molar-refractivity contribution in [1.82, 2.24) is 9.55 Å². The first kappa shape index (κ1) is 59.6. The average Bonchev–Trinajstić information content (AvgIpc) is 1.64. The Morgan fingerprint density at radius 3 is 1.62 bits per heavy atom. The molecule has 3 aliphatic rings. The van der Waals surface area contributed by atoms with Gasteiger partial charge in [0.2, 0.25) is 0 Å². The molecule has 0 N–H and O–H groups in total. The van der Waals surface area contributed by atoms with Crippen LogP contribution >= 0.6 is 0 Å². The number of fused-ring (bicyclic) bond motifs is 13. The SMILES string of the molecule is CC(C)(C)c1ccc(-c2cnc(-n3c4ccccc4c4ccc(Oc5cccc(N6CN(c7c(-c8cc(C(C)(C)C)cc(C(C)(C)C)c8)cccc7-c7ccc8c(c7)-c7ccccc7C87c8ccccc8Oc8ccccc87)c7ccccc76)c5)cc43)cc2C(C)(C)C)cc1. The molecule has 6 nitrogen and oxygen atoms in total. The van der Waals surface area contributed by atoms with Gasteiger partial charge < -0.3 is 19.3 Å². The van der Waals surface area contributed by atoms with E-state index in [1.165, 1.54) is 61.2 Å². The van der Waals surface area contributed by atoms with Crippen molar-refractivity contribution in [2.24, 2.45) is 0 Å². The maximum Gasteiger partial charge on any atom is 0.137 e. The maximum absolute atomic E-state index is 7.05. The third-order valence-corrected chi connectivity index (χ3v) is 20.2. The van der Waals surface area contributed by atoms with Gasteiger partial charge in [-0.25, -0.2) is 4.98 Å². The highest BCUT2D eigenvalue weighted by Crippen LogP contribution is 2.63. The predicted octanol–water partition coefficient (Wildman–Crippen LogP) is 23.9. The average molecular weight is 1240 g/mol. The van der Waals surface area contributed by atoms with E-state index >= 15 is 0 Å². The van der Waals surface area contributed by atoms with Crippen LogP contribution in [0.25, 0.3) is 72.1 Å². The molecular weight excluding hydrogens is 1160 g/mol. The van der Waals surface area contributed by atoms with Crippen LogP contribution in [0.2, 0.25) is 0 Å². The summed E-state index contributed by atoms with van der Waals surface area (Å²) in [5.74, 6) is 4.14. The number of para-hydroxylation sites is 6. The summed E-state index contributed by atoms with van der Waals surface area (Å²) in [6, 6.07) is 91.8. The van der Waals surface area contributed by atoms with Gasteiger partial charge in [-0.15, -0.1) is 0 Å². The second-order valence-electron chi connectivity index (χ2n) is 30.4. The van der Waals surface area contributed by atoms with Crippen molar-refractivity contribution < 1.29 is 9.47 Å². The molecule has 0 saturated carbocycles. The summed E-state index contributed by atoms with van der Waals surface area (Å²) in [6.45, 7) is 28.2. The first-order valence-electron chi connectivity index (χ1n) is 33.6. The Balaban J connectivity index is 0.807. The van der Waals surface area contributed by atoms with Crippen molar-refractivity contribution in [3.8, 4) is 73.3 Å². The molecule has 468 valence electrons. The molecule has 11 aromatic carbocycles. The summed E-state index contributed by atoms with van der Waals surface area (Å²) in [7, 11) is 0. The van der Waals surface area contributed by atoms with Crippen LogP contribution in [0.1, 0.15) is 128 Å². The van der Waals surface area contributed by atoms with Gasteiger partial charge in [-0.05, 0) is 150 Å². The van der Waals surface area contributed by atoms with Gasteiger partial charge in [0, 0.05) is 62.6 Å². The predicted molar refractivity (Wildman–Crippen MR) is 396 cm³/mol. The Morgan fingerprint density at radius 1 is 0.379 bits per heavy atom. The minimum Gasteiger partial charge on any atom is -0.457 e. The third-order valence-electron chi connectivity index (χ3n) is 20.2. The van der Waals surface area contributed by atoms with Crippen molar-refractivity contribution in [1.29, 1.82) is 0 Å². The van der Waals surface area contributed by atoms with E-state index in [-0.39, 0.29) is 21.7 Å². The van der Waals surface area contributed by atoms with Crippen molar-refractivity contribution in [2.75, 3.05) is 16.5 Å². The van der Waals surface area contributed by atoms with Crippen LogP contribution in [0.3, 0.4) is 0 Å². The van der Waals surface area contributed by atoms with Crippen LogP contribution in [0, 0.1) is 0 Å². The normalized spacial score (nSPS) is 14.0. The van der Waals surface area contributed by atoms with Crippen molar-refractivity contribution in [2.45, 2.75) is 110 Å². The summed E-state index contributed by atoms with van der Waals surface area (Å²) in [4.78, 5) is 10.3. The highest BCUT2D eigenvalue weighted by atomic mass is 16.5. The van der Waals surface area contributed by atoms with Crippen LogP contribution in [-0.4, -0.2) is 16.2 Å². The van der Waals surface area contributed by atoms with Crippen molar-refractivity contribution in [3.05, 3.63) is 299 Å². The van der Waals surface area contributed by atoms with E-state index in [0.29, 0.717) is 6.67 Å². The second-order valence-corrected chi connectivity index (χ2v) is 30.4. The minimum atomic E-state index is -0.571. The van der Waals surface area contributed by atoms with Gasteiger partial charge in [-0.3, -0.25) is 4.57 Å². The second kappa shape index (κ2) is 21.8. The lowest BCUT2D eigenvalue weighted by Crippen LogP contribution is -2.32. The smallest absolute Gasteiger partial charge is 0.137 e. The van der Waals surface area contributed by atoms with Crippen LogP contribution < -0.4 is 19.3 Å². The number of rotatable bonds is 8. The quantitative estimate of drug-likeness (QED) is 0.152. The number of anilines is 4. The van der Waals surface area contributed by atoms with Crippen molar-refractivity contribution in [3.63, 3.8) is 0 Å². The summed E-state index contributed by atoms with van der Waals surface area (Å²) in [5.41, 5.74) is 25.2. The summed E-state index contributed by atoms with van der Waals surface area (Å²) >= 11 is 0. The van der Waals surface area contributed by atoms with Crippen LogP contribution in [0.4, 0.5) is 22.7 Å². The summed E-state index contributed by atoms with van der Waals surface area (Å²) in [6.07, 6.45) is 2.08. The lowest BCUT2D eigenvalue weighted by molar-refractivity contribution is 0.436. The van der Waals surface area contributed by atoms with E-state index in [0.717, 1.165) is 101 Å². The molecule has 0 unspecified atom stereocenters. The molecule has 16 rings (SSSR count). The Labute approximate surface area is 559 Å². The standard InChI is InChI=1S/C89H80N4O2/c1-85(2,3)59-42-39-56(40-43-59)71-54-90-83(53-76(71)88(10,11)12)93-77-34-18-14-28-68(77)69-45-44-64(52-80(69)93)94-63-26-23-25-62(51-63)91-55-92(79-36-20-19-35-78(79)91)84-65(29-24-30-66(84)58-47-60(86(4,5)6)50-61(48-58)87(7,8)9)57-41-46-73-70(49-57)67-27-13-15-31-72(67)89(73)74-32-16-21-37-81(74)95-82-38-22-17-33-75(82)89/h13-54H,55H2,1-12H3. The monoisotopic (exact) mass is 1240 g/mol.